The fraction of sp³-hybridized carbons (Fsp3) is 0.500. The van der Waals surface area contributed by atoms with E-state index in [1.54, 1.807) is 12.1 Å². The highest BCUT2D eigenvalue weighted by atomic mass is 79.9. The van der Waals surface area contributed by atoms with Crippen LogP contribution in [0, 0.1) is 5.92 Å². The fourth-order valence-electron chi connectivity index (χ4n) is 2.06. The average molecular weight is 348 g/mol. The minimum atomic E-state index is -1.01. The van der Waals surface area contributed by atoms with Crippen LogP contribution in [-0.4, -0.2) is 36.2 Å². The van der Waals surface area contributed by atoms with Crippen molar-refractivity contribution in [2.45, 2.75) is 18.9 Å². The Morgan fingerprint density at radius 1 is 1.53 bits per heavy atom. The predicted octanol–water partition coefficient (Wildman–Crippen LogP) is 2.12. The zero-order valence-corrected chi connectivity index (χ0v) is 12.5. The van der Waals surface area contributed by atoms with Crippen molar-refractivity contribution in [2.24, 2.45) is 5.92 Å². The minimum absolute atomic E-state index is 0.168. The number of thiophene rings is 1. The van der Waals surface area contributed by atoms with Crippen LogP contribution in [0.3, 0.4) is 0 Å². The normalized spacial score (nSPS) is 20.8. The number of carbonyl (C=O) groups is 2. The van der Waals surface area contributed by atoms with Gasteiger partial charge in [-0.2, -0.15) is 0 Å². The van der Waals surface area contributed by atoms with Crippen molar-refractivity contribution in [3.63, 3.8) is 0 Å². The van der Waals surface area contributed by atoms with Gasteiger partial charge < -0.3 is 15.2 Å². The molecule has 1 amide bonds. The summed E-state index contributed by atoms with van der Waals surface area (Å²) in [6, 6.07) is 2.54. The van der Waals surface area contributed by atoms with Crippen molar-refractivity contribution in [3.05, 3.63) is 20.8 Å². The maximum absolute atomic E-state index is 12.0. The molecule has 0 aromatic carbocycles. The van der Waals surface area contributed by atoms with Crippen LogP contribution in [0.25, 0.3) is 0 Å². The quantitative estimate of drug-likeness (QED) is 0.874. The summed E-state index contributed by atoms with van der Waals surface area (Å²) in [5.41, 5.74) is 0. The standard InChI is InChI=1S/C12H14BrNO4S/c13-9-4-3-8(19-9)11(15)14-10(12(16)17)7-2-1-5-18-6-7/h3-4,7,10H,1-2,5-6H2,(H,14,15)(H,16,17). The van der Waals surface area contributed by atoms with E-state index in [-0.39, 0.29) is 11.8 Å². The molecule has 2 rings (SSSR count). The van der Waals surface area contributed by atoms with Crippen molar-refractivity contribution in [3.8, 4) is 0 Å². The summed E-state index contributed by atoms with van der Waals surface area (Å²) in [4.78, 5) is 23.8. The Labute approximate surface area is 123 Å². The maximum atomic E-state index is 12.0. The van der Waals surface area contributed by atoms with E-state index in [9.17, 15) is 14.7 Å². The monoisotopic (exact) mass is 347 g/mol. The Kier molecular flexibility index (Phi) is 4.95. The van der Waals surface area contributed by atoms with Crippen molar-refractivity contribution in [2.75, 3.05) is 13.2 Å². The van der Waals surface area contributed by atoms with E-state index in [1.165, 1.54) is 11.3 Å². The topological polar surface area (TPSA) is 75.6 Å². The first-order valence-corrected chi connectivity index (χ1v) is 7.55. The number of halogens is 1. The summed E-state index contributed by atoms with van der Waals surface area (Å²) in [5, 5.41) is 11.8. The number of ether oxygens (including phenoxy) is 1. The first-order valence-electron chi connectivity index (χ1n) is 5.94. The number of amides is 1. The lowest BCUT2D eigenvalue weighted by Gasteiger charge is -2.27. The SMILES string of the molecule is O=C(NC(C(=O)O)C1CCCOC1)c1ccc(Br)s1. The summed E-state index contributed by atoms with van der Waals surface area (Å²) >= 11 is 4.55. The molecule has 0 aliphatic carbocycles. The Balaban J connectivity index is 2.04. The van der Waals surface area contributed by atoms with Crippen LogP contribution in [0.4, 0.5) is 0 Å². The molecule has 2 N–H and O–H groups in total. The van der Waals surface area contributed by atoms with Crippen LogP contribution in [0.5, 0.6) is 0 Å². The molecule has 2 atom stereocenters. The Morgan fingerprint density at radius 3 is 2.84 bits per heavy atom. The highest BCUT2D eigenvalue weighted by Gasteiger charge is 2.31. The maximum Gasteiger partial charge on any atom is 0.326 e. The zero-order valence-electron chi connectivity index (χ0n) is 10.1. The third kappa shape index (κ3) is 3.77. The molecule has 1 aliphatic rings. The second-order valence-corrected chi connectivity index (χ2v) is 6.83. The van der Waals surface area contributed by atoms with Gasteiger partial charge in [-0.25, -0.2) is 4.79 Å². The molecular formula is C12H14BrNO4S. The van der Waals surface area contributed by atoms with Crippen molar-refractivity contribution >= 4 is 39.1 Å². The lowest BCUT2D eigenvalue weighted by molar-refractivity contribution is -0.142. The van der Waals surface area contributed by atoms with E-state index in [2.05, 4.69) is 21.2 Å². The molecule has 0 bridgehead atoms. The minimum Gasteiger partial charge on any atom is -0.480 e. The first kappa shape index (κ1) is 14.5. The highest BCUT2D eigenvalue weighted by molar-refractivity contribution is 9.11. The van der Waals surface area contributed by atoms with Gasteiger partial charge in [-0.1, -0.05) is 0 Å². The molecule has 1 saturated heterocycles. The summed E-state index contributed by atoms with van der Waals surface area (Å²) < 4.78 is 6.12. The van der Waals surface area contributed by atoms with Crippen molar-refractivity contribution in [1.82, 2.24) is 5.32 Å². The molecule has 0 spiro atoms. The molecule has 1 fully saturated rings. The second-order valence-electron chi connectivity index (χ2n) is 4.37. The third-order valence-corrected chi connectivity index (χ3v) is 4.64. The van der Waals surface area contributed by atoms with E-state index in [0.717, 1.165) is 16.6 Å². The number of carbonyl (C=O) groups excluding carboxylic acids is 1. The molecule has 19 heavy (non-hydrogen) atoms. The molecule has 104 valence electrons. The molecule has 1 aromatic heterocycles. The molecule has 7 heteroatoms. The number of carboxylic acids is 1. The summed E-state index contributed by atoms with van der Waals surface area (Å²) in [6.07, 6.45) is 1.58. The van der Waals surface area contributed by atoms with Crippen LogP contribution >= 0.6 is 27.3 Å². The molecule has 0 saturated carbocycles. The van der Waals surface area contributed by atoms with Gasteiger partial charge in [0, 0.05) is 12.5 Å². The van der Waals surface area contributed by atoms with Gasteiger partial charge in [-0.3, -0.25) is 4.79 Å². The summed E-state index contributed by atoms with van der Waals surface area (Å²) in [6.45, 7) is 1.04. The smallest absolute Gasteiger partial charge is 0.326 e. The lowest BCUT2D eigenvalue weighted by Crippen LogP contribution is -2.48. The van der Waals surface area contributed by atoms with E-state index in [0.29, 0.717) is 18.1 Å². The summed E-state index contributed by atoms with van der Waals surface area (Å²) in [5.74, 6) is -1.54. The molecule has 2 heterocycles. The van der Waals surface area contributed by atoms with Crippen LogP contribution in [-0.2, 0) is 9.53 Å². The van der Waals surface area contributed by atoms with Crippen LogP contribution in [0.15, 0.2) is 15.9 Å². The van der Waals surface area contributed by atoms with Crippen LogP contribution < -0.4 is 5.32 Å². The van der Waals surface area contributed by atoms with Gasteiger partial charge in [0.2, 0.25) is 0 Å². The fourth-order valence-corrected chi connectivity index (χ4v) is 3.35. The van der Waals surface area contributed by atoms with E-state index >= 15 is 0 Å². The zero-order chi connectivity index (χ0) is 13.8. The van der Waals surface area contributed by atoms with E-state index in [1.807, 2.05) is 0 Å². The molecular weight excluding hydrogens is 334 g/mol. The Bertz CT molecular complexity index is 470. The average Bonchev–Trinajstić information content (AvgIpc) is 2.83. The van der Waals surface area contributed by atoms with Gasteiger partial charge in [0.25, 0.3) is 5.91 Å². The third-order valence-electron chi connectivity index (χ3n) is 3.02. The largest absolute Gasteiger partial charge is 0.480 e. The Hall–Kier alpha value is -0.920. The number of nitrogens with one attached hydrogen (secondary N) is 1. The summed E-state index contributed by atoms with van der Waals surface area (Å²) in [7, 11) is 0. The number of aliphatic carboxylic acids is 1. The van der Waals surface area contributed by atoms with Gasteiger partial charge in [0.15, 0.2) is 0 Å². The van der Waals surface area contributed by atoms with Gasteiger partial charge in [0.05, 0.1) is 15.3 Å². The second kappa shape index (κ2) is 6.49. The van der Waals surface area contributed by atoms with Gasteiger partial charge in [-0.15, -0.1) is 11.3 Å². The molecule has 2 unspecified atom stereocenters. The van der Waals surface area contributed by atoms with Crippen LogP contribution in [0.1, 0.15) is 22.5 Å². The highest BCUT2D eigenvalue weighted by Crippen LogP contribution is 2.23. The Morgan fingerprint density at radius 2 is 2.32 bits per heavy atom. The molecule has 1 aliphatic heterocycles. The number of hydrogen-bond acceptors (Lipinski definition) is 4. The number of carboxylic acid groups (broad SMARTS) is 1. The van der Waals surface area contributed by atoms with Gasteiger partial charge >= 0.3 is 5.97 Å². The van der Waals surface area contributed by atoms with Crippen LogP contribution in [0.2, 0.25) is 0 Å². The first-order chi connectivity index (χ1) is 9.08. The van der Waals surface area contributed by atoms with Crippen molar-refractivity contribution in [1.29, 1.82) is 0 Å². The molecule has 0 radical (unpaired) electrons. The van der Waals surface area contributed by atoms with Gasteiger partial charge in [0.1, 0.15) is 6.04 Å². The van der Waals surface area contributed by atoms with Crippen molar-refractivity contribution < 1.29 is 19.4 Å². The molecule has 1 aromatic rings. The van der Waals surface area contributed by atoms with E-state index in [4.69, 9.17) is 4.74 Å². The predicted molar refractivity (Wildman–Crippen MR) is 74.5 cm³/mol. The molecule has 5 nitrogen and oxygen atoms in total. The number of hydrogen-bond donors (Lipinski definition) is 2. The van der Waals surface area contributed by atoms with Gasteiger partial charge in [-0.05, 0) is 40.9 Å². The number of rotatable bonds is 4. The lowest BCUT2D eigenvalue weighted by atomic mass is 9.93. The van der Waals surface area contributed by atoms with E-state index < -0.39 is 12.0 Å².